The van der Waals surface area contributed by atoms with Crippen LogP contribution in [0.3, 0.4) is 0 Å². The molecule has 0 aliphatic rings. The summed E-state index contributed by atoms with van der Waals surface area (Å²) in [7, 11) is -1.85. The first-order chi connectivity index (χ1) is 13.7. The highest BCUT2D eigenvalue weighted by atomic mass is 32.2. The first-order valence-electron chi connectivity index (χ1n) is 9.40. The van der Waals surface area contributed by atoms with Crippen LogP contribution in [0.4, 0.5) is 5.69 Å². The molecule has 2 aromatic heterocycles. The third-order valence-corrected chi connectivity index (χ3v) is 7.09. The predicted molar refractivity (Wildman–Crippen MR) is 112 cm³/mol. The van der Waals surface area contributed by atoms with Gasteiger partial charge in [-0.2, -0.15) is 9.40 Å². The molecule has 1 N–H and O–H groups in total. The van der Waals surface area contributed by atoms with Crippen LogP contribution in [-0.4, -0.2) is 46.5 Å². The number of amides is 1. The van der Waals surface area contributed by atoms with E-state index in [1.807, 2.05) is 20.0 Å². The Labute approximate surface area is 170 Å². The van der Waals surface area contributed by atoms with E-state index in [4.69, 9.17) is 0 Å². The van der Waals surface area contributed by atoms with Crippen LogP contribution in [0, 0.1) is 13.8 Å². The lowest BCUT2D eigenvalue weighted by Gasteiger charge is -2.20. The van der Waals surface area contributed by atoms with Gasteiger partial charge in [-0.1, -0.05) is 19.9 Å². The SMILES string of the molecule is CCN(CC)S(=O)(=O)c1cc(C(=O)Nc2cnc3c(c2)c(C)nn3C)ccc1C. The summed E-state index contributed by atoms with van der Waals surface area (Å²) in [6.07, 6.45) is 1.56. The number of fused-ring (bicyclic) bond motifs is 1. The van der Waals surface area contributed by atoms with Crippen molar-refractivity contribution in [1.82, 2.24) is 19.1 Å². The lowest BCUT2D eigenvalue weighted by atomic mass is 10.1. The van der Waals surface area contributed by atoms with E-state index >= 15 is 0 Å². The summed E-state index contributed by atoms with van der Waals surface area (Å²) in [4.78, 5) is 17.3. The van der Waals surface area contributed by atoms with Crippen molar-refractivity contribution < 1.29 is 13.2 Å². The number of nitrogens with zero attached hydrogens (tertiary/aromatic N) is 4. The van der Waals surface area contributed by atoms with Crippen LogP contribution >= 0.6 is 0 Å². The lowest BCUT2D eigenvalue weighted by Crippen LogP contribution is -2.31. The molecule has 0 saturated heterocycles. The van der Waals surface area contributed by atoms with Gasteiger partial charge in [0.15, 0.2) is 5.65 Å². The zero-order chi connectivity index (χ0) is 21.3. The number of rotatable bonds is 6. The Morgan fingerprint density at radius 3 is 2.52 bits per heavy atom. The highest BCUT2D eigenvalue weighted by molar-refractivity contribution is 7.89. The lowest BCUT2D eigenvalue weighted by molar-refractivity contribution is 0.102. The van der Waals surface area contributed by atoms with Gasteiger partial charge in [-0.15, -0.1) is 0 Å². The second-order valence-electron chi connectivity index (χ2n) is 6.83. The smallest absolute Gasteiger partial charge is 0.255 e. The molecule has 0 spiro atoms. The zero-order valence-corrected chi connectivity index (χ0v) is 18.0. The number of hydrogen-bond donors (Lipinski definition) is 1. The fraction of sp³-hybridized carbons (Fsp3) is 0.350. The maximum absolute atomic E-state index is 12.9. The van der Waals surface area contributed by atoms with Crippen molar-refractivity contribution in [3.63, 3.8) is 0 Å². The Morgan fingerprint density at radius 2 is 1.86 bits per heavy atom. The summed E-state index contributed by atoms with van der Waals surface area (Å²) in [5.41, 5.74) is 2.93. The van der Waals surface area contributed by atoms with Crippen LogP contribution in [-0.2, 0) is 17.1 Å². The van der Waals surface area contributed by atoms with Gasteiger partial charge >= 0.3 is 0 Å². The van der Waals surface area contributed by atoms with Crippen LogP contribution in [0.2, 0.25) is 0 Å². The van der Waals surface area contributed by atoms with E-state index in [1.54, 1.807) is 43.8 Å². The maximum atomic E-state index is 12.9. The van der Waals surface area contributed by atoms with Gasteiger partial charge in [0.25, 0.3) is 5.91 Å². The minimum Gasteiger partial charge on any atom is -0.321 e. The molecule has 0 bridgehead atoms. The molecule has 2 heterocycles. The first-order valence-corrected chi connectivity index (χ1v) is 10.8. The number of carbonyl (C=O) groups excluding carboxylic acids is 1. The Morgan fingerprint density at radius 1 is 1.17 bits per heavy atom. The van der Waals surface area contributed by atoms with Crippen molar-refractivity contribution in [3.8, 4) is 0 Å². The van der Waals surface area contributed by atoms with Crippen molar-refractivity contribution in [2.24, 2.45) is 7.05 Å². The Hall–Kier alpha value is -2.78. The van der Waals surface area contributed by atoms with Gasteiger partial charge in [0.1, 0.15) is 0 Å². The molecule has 0 atom stereocenters. The molecular formula is C20H25N5O3S. The number of aromatic nitrogens is 3. The Kier molecular flexibility index (Phi) is 5.72. The fourth-order valence-electron chi connectivity index (χ4n) is 3.30. The number of nitrogens with one attached hydrogen (secondary N) is 1. The molecule has 0 aliphatic carbocycles. The van der Waals surface area contributed by atoms with Gasteiger partial charge in [0.05, 0.1) is 22.5 Å². The van der Waals surface area contributed by atoms with Crippen molar-refractivity contribution in [2.75, 3.05) is 18.4 Å². The quantitative estimate of drug-likeness (QED) is 0.668. The molecule has 3 rings (SSSR count). The molecule has 29 heavy (non-hydrogen) atoms. The topological polar surface area (TPSA) is 97.2 Å². The Balaban J connectivity index is 1.93. The van der Waals surface area contributed by atoms with Crippen molar-refractivity contribution in [2.45, 2.75) is 32.6 Å². The highest BCUT2D eigenvalue weighted by Gasteiger charge is 2.24. The van der Waals surface area contributed by atoms with Crippen molar-refractivity contribution in [3.05, 3.63) is 47.3 Å². The van der Waals surface area contributed by atoms with Gasteiger partial charge < -0.3 is 5.32 Å². The number of benzene rings is 1. The fourth-order valence-corrected chi connectivity index (χ4v) is 5.01. The van der Waals surface area contributed by atoms with Gasteiger partial charge in [-0.3, -0.25) is 9.48 Å². The zero-order valence-electron chi connectivity index (χ0n) is 17.2. The van der Waals surface area contributed by atoms with Gasteiger partial charge in [-0.25, -0.2) is 13.4 Å². The second kappa shape index (κ2) is 7.92. The molecule has 0 radical (unpaired) electrons. The molecule has 0 fully saturated rings. The molecule has 0 saturated carbocycles. The van der Waals surface area contributed by atoms with E-state index < -0.39 is 15.9 Å². The molecule has 0 aliphatic heterocycles. The van der Waals surface area contributed by atoms with Crippen LogP contribution < -0.4 is 5.32 Å². The molecule has 1 aromatic carbocycles. The highest BCUT2D eigenvalue weighted by Crippen LogP contribution is 2.23. The summed E-state index contributed by atoms with van der Waals surface area (Å²) in [6.45, 7) is 7.91. The van der Waals surface area contributed by atoms with Crippen LogP contribution in [0.5, 0.6) is 0 Å². The number of sulfonamides is 1. The van der Waals surface area contributed by atoms with E-state index in [-0.39, 0.29) is 10.5 Å². The molecule has 154 valence electrons. The van der Waals surface area contributed by atoms with E-state index in [1.165, 1.54) is 10.4 Å². The average Bonchev–Trinajstić information content (AvgIpc) is 2.96. The standard InChI is InChI=1S/C20H25N5O3S/c1-6-25(7-2)29(27,28)18-10-15(9-8-13(18)3)20(26)22-16-11-17-14(4)23-24(5)19(17)21-12-16/h8-12H,6-7H2,1-5H3,(H,22,26). The summed E-state index contributed by atoms with van der Waals surface area (Å²) in [5.74, 6) is -0.399. The average molecular weight is 416 g/mol. The maximum Gasteiger partial charge on any atom is 0.255 e. The first kappa shape index (κ1) is 20.9. The van der Waals surface area contributed by atoms with Crippen LogP contribution in [0.1, 0.15) is 35.5 Å². The molecule has 1 amide bonds. The summed E-state index contributed by atoms with van der Waals surface area (Å²) < 4.78 is 28.9. The number of pyridine rings is 1. The molecule has 9 heteroatoms. The van der Waals surface area contributed by atoms with E-state index in [0.717, 1.165) is 16.7 Å². The predicted octanol–water partition coefficient (Wildman–Crippen LogP) is 2.87. The van der Waals surface area contributed by atoms with Crippen LogP contribution in [0.15, 0.2) is 35.4 Å². The number of aryl methyl sites for hydroxylation is 3. The minimum absolute atomic E-state index is 0.144. The second-order valence-corrected chi connectivity index (χ2v) is 8.73. The third-order valence-electron chi connectivity index (χ3n) is 4.89. The largest absolute Gasteiger partial charge is 0.321 e. The molecular weight excluding hydrogens is 390 g/mol. The third kappa shape index (κ3) is 3.88. The summed E-state index contributed by atoms with van der Waals surface area (Å²) in [5, 5.41) is 7.96. The van der Waals surface area contributed by atoms with E-state index in [9.17, 15) is 13.2 Å². The summed E-state index contributed by atoms with van der Waals surface area (Å²) in [6, 6.07) is 6.51. The number of carbonyl (C=O) groups is 1. The minimum atomic E-state index is -3.66. The van der Waals surface area contributed by atoms with Crippen molar-refractivity contribution >= 4 is 32.7 Å². The van der Waals surface area contributed by atoms with Crippen LogP contribution in [0.25, 0.3) is 11.0 Å². The normalized spacial score (nSPS) is 11.9. The molecule has 3 aromatic rings. The van der Waals surface area contributed by atoms with Gasteiger partial charge in [0.2, 0.25) is 10.0 Å². The monoisotopic (exact) mass is 415 g/mol. The van der Waals surface area contributed by atoms with E-state index in [2.05, 4.69) is 15.4 Å². The van der Waals surface area contributed by atoms with E-state index in [0.29, 0.717) is 24.3 Å². The molecule has 0 unspecified atom stereocenters. The number of hydrogen-bond acceptors (Lipinski definition) is 5. The number of anilines is 1. The molecule has 8 nitrogen and oxygen atoms in total. The van der Waals surface area contributed by atoms with Gasteiger partial charge in [-0.05, 0) is 37.6 Å². The Bertz CT molecular complexity index is 1180. The summed E-state index contributed by atoms with van der Waals surface area (Å²) >= 11 is 0. The van der Waals surface area contributed by atoms with Crippen molar-refractivity contribution in [1.29, 1.82) is 0 Å². The van der Waals surface area contributed by atoms with Gasteiger partial charge in [0, 0.05) is 31.1 Å².